The molecule has 4 heteroatoms. The molecule has 0 fully saturated rings. The number of carboxylic acids is 1. The second-order valence-corrected chi connectivity index (χ2v) is 4.54. The molecule has 0 saturated heterocycles. The molecular weight excluding hydrogens is 228 g/mol. The largest absolute Gasteiger partial charge is 0.481 e. The lowest BCUT2D eigenvalue weighted by Crippen LogP contribution is -2.37. The highest BCUT2D eigenvalue weighted by molar-refractivity contribution is 5.70. The van der Waals surface area contributed by atoms with Crippen LogP contribution in [0.4, 0.5) is 0 Å². The average molecular weight is 246 g/mol. The molecule has 2 N–H and O–H groups in total. The van der Waals surface area contributed by atoms with E-state index in [1.54, 1.807) is 19.1 Å². The number of hydrogen-bond acceptors (Lipinski definition) is 3. The number of nitriles is 1. The zero-order chi connectivity index (χ0) is 13.7. The zero-order valence-electron chi connectivity index (χ0n) is 10.8. The van der Waals surface area contributed by atoms with Gasteiger partial charge in [0.15, 0.2) is 0 Å². The van der Waals surface area contributed by atoms with Gasteiger partial charge in [-0.2, -0.15) is 5.26 Å². The highest BCUT2D eigenvalue weighted by Gasteiger charge is 2.20. The molecule has 0 aliphatic carbocycles. The maximum absolute atomic E-state index is 10.9. The molecule has 0 bridgehead atoms. The van der Waals surface area contributed by atoms with Gasteiger partial charge in [-0.15, -0.1) is 0 Å². The molecule has 4 nitrogen and oxygen atoms in total. The quantitative estimate of drug-likeness (QED) is 0.836. The first kappa shape index (κ1) is 14.2. The van der Waals surface area contributed by atoms with Crippen molar-refractivity contribution in [3.8, 4) is 6.07 Å². The van der Waals surface area contributed by atoms with Crippen LogP contribution in [0, 0.1) is 17.2 Å². The zero-order valence-corrected chi connectivity index (χ0v) is 10.8. The maximum Gasteiger partial charge on any atom is 0.307 e. The van der Waals surface area contributed by atoms with E-state index in [0.29, 0.717) is 5.56 Å². The van der Waals surface area contributed by atoms with Crippen LogP contribution in [0.2, 0.25) is 0 Å². The van der Waals surface area contributed by atoms with Gasteiger partial charge in [-0.1, -0.05) is 19.1 Å². The molecule has 0 saturated carbocycles. The van der Waals surface area contributed by atoms with Crippen LogP contribution < -0.4 is 5.32 Å². The molecule has 1 aromatic carbocycles. The van der Waals surface area contributed by atoms with Gasteiger partial charge in [0.05, 0.1) is 17.6 Å². The van der Waals surface area contributed by atoms with Gasteiger partial charge < -0.3 is 10.4 Å². The molecule has 0 radical (unpaired) electrons. The topological polar surface area (TPSA) is 73.1 Å². The number of benzene rings is 1. The summed E-state index contributed by atoms with van der Waals surface area (Å²) in [6.07, 6.45) is 0. The molecule has 18 heavy (non-hydrogen) atoms. The van der Waals surface area contributed by atoms with Crippen LogP contribution in [-0.4, -0.2) is 17.1 Å². The van der Waals surface area contributed by atoms with Crippen molar-refractivity contribution in [3.05, 3.63) is 35.4 Å². The highest BCUT2D eigenvalue weighted by Crippen LogP contribution is 2.15. The van der Waals surface area contributed by atoms with Crippen LogP contribution in [0.1, 0.15) is 37.9 Å². The number of nitrogens with zero attached hydrogens (tertiary/aromatic N) is 1. The fraction of sp³-hybridized carbons (Fsp3) is 0.429. The first-order valence-corrected chi connectivity index (χ1v) is 5.94. The molecule has 3 unspecified atom stereocenters. The Morgan fingerprint density at radius 3 is 2.28 bits per heavy atom. The Hall–Kier alpha value is -1.86. The molecule has 1 rings (SSSR count). The Balaban J connectivity index is 2.67. The van der Waals surface area contributed by atoms with Crippen LogP contribution in [0.5, 0.6) is 0 Å². The van der Waals surface area contributed by atoms with E-state index in [1.807, 2.05) is 26.0 Å². The SMILES string of the molecule is CC(NC(C)C(C)C(=O)O)c1ccc(C#N)cc1. The van der Waals surface area contributed by atoms with Crippen molar-refractivity contribution < 1.29 is 9.90 Å². The van der Waals surface area contributed by atoms with E-state index in [2.05, 4.69) is 11.4 Å². The standard InChI is InChI=1S/C14H18N2O2/c1-9(14(17)18)10(2)16-11(3)13-6-4-12(8-15)5-7-13/h4-7,9-11,16H,1-3H3,(H,17,18). The summed E-state index contributed by atoms with van der Waals surface area (Å²) in [4.78, 5) is 10.9. The molecule has 0 aliphatic rings. The highest BCUT2D eigenvalue weighted by atomic mass is 16.4. The van der Waals surface area contributed by atoms with E-state index >= 15 is 0 Å². The van der Waals surface area contributed by atoms with Crippen molar-refractivity contribution in [2.45, 2.75) is 32.9 Å². The van der Waals surface area contributed by atoms with Gasteiger partial charge in [0.25, 0.3) is 0 Å². The van der Waals surface area contributed by atoms with Crippen molar-refractivity contribution in [1.29, 1.82) is 5.26 Å². The van der Waals surface area contributed by atoms with Gasteiger partial charge in [0.2, 0.25) is 0 Å². The molecule has 0 amide bonds. The van der Waals surface area contributed by atoms with Crippen molar-refractivity contribution in [2.75, 3.05) is 0 Å². The summed E-state index contributed by atoms with van der Waals surface area (Å²) in [6.45, 7) is 5.52. The molecule has 0 aliphatic heterocycles. The van der Waals surface area contributed by atoms with Crippen LogP contribution in [0.25, 0.3) is 0 Å². The first-order valence-electron chi connectivity index (χ1n) is 5.94. The Morgan fingerprint density at radius 1 is 1.28 bits per heavy atom. The van der Waals surface area contributed by atoms with Crippen molar-refractivity contribution >= 4 is 5.97 Å². The maximum atomic E-state index is 10.9. The van der Waals surface area contributed by atoms with Gasteiger partial charge in [-0.3, -0.25) is 4.79 Å². The fourth-order valence-electron chi connectivity index (χ4n) is 1.70. The number of carboxylic acid groups (broad SMARTS) is 1. The monoisotopic (exact) mass is 246 g/mol. The van der Waals surface area contributed by atoms with Gasteiger partial charge in [-0.05, 0) is 31.5 Å². The minimum Gasteiger partial charge on any atom is -0.481 e. The lowest BCUT2D eigenvalue weighted by atomic mass is 10.0. The summed E-state index contributed by atoms with van der Waals surface area (Å²) >= 11 is 0. The average Bonchev–Trinajstić information content (AvgIpc) is 2.37. The number of carbonyl (C=O) groups is 1. The van der Waals surface area contributed by atoms with Gasteiger partial charge in [0, 0.05) is 12.1 Å². The molecular formula is C14H18N2O2. The van der Waals surface area contributed by atoms with Crippen LogP contribution in [0.3, 0.4) is 0 Å². The first-order chi connectivity index (χ1) is 8.45. The third-order valence-corrected chi connectivity index (χ3v) is 3.19. The van der Waals surface area contributed by atoms with Gasteiger partial charge in [0.1, 0.15) is 0 Å². The predicted octanol–water partition coefficient (Wildman–Crippen LogP) is 2.32. The summed E-state index contributed by atoms with van der Waals surface area (Å²) in [5.41, 5.74) is 1.66. The number of nitrogens with one attached hydrogen (secondary N) is 1. The molecule has 3 atom stereocenters. The molecule has 0 spiro atoms. The number of hydrogen-bond donors (Lipinski definition) is 2. The molecule has 0 heterocycles. The second kappa shape index (κ2) is 6.18. The Labute approximate surface area is 107 Å². The normalized spacial score (nSPS) is 15.4. The summed E-state index contributed by atoms with van der Waals surface area (Å²) in [7, 11) is 0. The lowest BCUT2D eigenvalue weighted by Gasteiger charge is -2.23. The number of rotatable bonds is 5. The molecule has 1 aromatic rings. The minimum absolute atomic E-state index is 0.0505. The van der Waals surface area contributed by atoms with E-state index in [4.69, 9.17) is 10.4 Å². The van der Waals surface area contributed by atoms with Crippen LogP contribution in [0.15, 0.2) is 24.3 Å². The molecule has 96 valence electrons. The Morgan fingerprint density at radius 2 is 1.83 bits per heavy atom. The van der Waals surface area contributed by atoms with E-state index in [1.165, 1.54) is 0 Å². The van der Waals surface area contributed by atoms with E-state index in [0.717, 1.165) is 5.56 Å². The fourth-order valence-corrected chi connectivity index (χ4v) is 1.70. The third-order valence-electron chi connectivity index (χ3n) is 3.19. The van der Waals surface area contributed by atoms with Gasteiger partial charge >= 0.3 is 5.97 Å². The molecule has 0 aromatic heterocycles. The Bertz CT molecular complexity index is 448. The summed E-state index contributed by atoms with van der Waals surface area (Å²) in [6, 6.07) is 9.29. The summed E-state index contributed by atoms with van der Waals surface area (Å²) in [5, 5.41) is 20.9. The minimum atomic E-state index is -0.804. The van der Waals surface area contributed by atoms with Crippen LogP contribution in [-0.2, 0) is 4.79 Å². The van der Waals surface area contributed by atoms with Crippen LogP contribution >= 0.6 is 0 Å². The van der Waals surface area contributed by atoms with E-state index in [9.17, 15) is 4.79 Å². The smallest absolute Gasteiger partial charge is 0.307 e. The third kappa shape index (κ3) is 3.57. The number of aliphatic carboxylic acids is 1. The summed E-state index contributed by atoms with van der Waals surface area (Å²) in [5.74, 6) is -1.24. The van der Waals surface area contributed by atoms with Gasteiger partial charge in [-0.25, -0.2) is 0 Å². The predicted molar refractivity (Wildman–Crippen MR) is 69.0 cm³/mol. The Kier molecular flexibility index (Phi) is 4.87. The van der Waals surface area contributed by atoms with Crippen molar-refractivity contribution in [2.24, 2.45) is 5.92 Å². The van der Waals surface area contributed by atoms with E-state index in [-0.39, 0.29) is 12.1 Å². The summed E-state index contributed by atoms with van der Waals surface area (Å²) < 4.78 is 0. The van der Waals surface area contributed by atoms with Crippen molar-refractivity contribution in [1.82, 2.24) is 5.32 Å². The lowest BCUT2D eigenvalue weighted by molar-refractivity contribution is -0.142. The van der Waals surface area contributed by atoms with E-state index < -0.39 is 11.9 Å². The van der Waals surface area contributed by atoms with Crippen molar-refractivity contribution in [3.63, 3.8) is 0 Å². The second-order valence-electron chi connectivity index (χ2n) is 4.54.